The number of aromatic nitrogens is 1. The van der Waals surface area contributed by atoms with E-state index in [4.69, 9.17) is 21.8 Å². The molecule has 0 spiro atoms. The quantitative estimate of drug-likeness (QED) is 0.714. The molecule has 1 saturated heterocycles. The van der Waals surface area contributed by atoms with Gasteiger partial charge in [-0.25, -0.2) is 0 Å². The summed E-state index contributed by atoms with van der Waals surface area (Å²) in [6.07, 6.45) is 0. The number of hydrogen-bond donors (Lipinski definition) is 1. The summed E-state index contributed by atoms with van der Waals surface area (Å²) in [5, 5.41) is 0.623. The van der Waals surface area contributed by atoms with Crippen molar-refractivity contribution in [3.05, 3.63) is 53.1 Å². The number of carbonyl (C=O) groups excluding carboxylic acids is 1. The Kier molecular flexibility index (Phi) is 3.97. The first-order chi connectivity index (χ1) is 12.1. The highest BCUT2D eigenvalue weighted by Crippen LogP contribution is 2.24. The number of anilines is 2. The summed E-state index contributed by atoms with van der Waals surface area (Å²) in [7, 11) is 0. The van der Waals surface area contributed by atoms with E-state index in [2.05, 4.69) is 4.98 Å². The minimum Gasteiger partial charge on any atom is -0.423 e. The van der Waals surface area contributed by atoms with Crippen LogP contribution in [0.2, 0.25) is 5.02 Å². The fourth-order valence-corrected chi connectivity index (χ4v) is 3.07. The van der Waals surface area contributed by atoms with Crippen LogP contribution in [-0.4, -0.2) is 42.0 Å². The normalized spacial score (nSPS) is 14.9. The number of benzene rings is 2. The summed E-state index contributed by atoms with van der Waals surface area (Å²) >= 11 is 5.88. The molecular weight excluding hydrogens is 340 g/mol. The van der Waals surface area contributed by atoms with Gasteiger partial charge in [0, 0.05) is 42.5 Å². The van der Waals surface area contributed by atoms with Gasteiger partial charge in [-0.05, 0) is 42.5 Å². The highest BCUT2D eigenvalue weighted by Gasteiger charge is 2.24. The molecule has 0 aliphatic carbocycles. The number of rotatable bonds is 2. The number of amides is 1. The van der Waals surface area contributed by atoms with E-state index in [1.807, 2.05) is 15.9 Å². The molecule has 2 aromatic carbocycles. The molecule has 0 radical (unpaired) electrons. The molecule has 6 nitrogen and oxygen atoms in total. The van der Waals surface area contributed by atoms with E-state index in [-0.39, 0.29) is 5.91 Å². The van der Waals surface area contributed by atoms with Crippen LogP contribution in [0.5, 0.6) is 0 Å². The number of carbonyl (C=O) groups is 1. The van der Waals surface area contributed by atoms with E-state index in [0.29, 0.717) is 54.1 Å². The maximum absolute atomic E-state index is 12.5. The van der Waals surface area contributed by atoms with Crippen LogP contribution in [0, 0.1) is 0 Å². The standard InChI is InChI=1S/C18H17ClN4O2/c19-13-3-1-12(2-4-13)17(24)22-7-9-23(10-8-22)18-21-15-11-14(20)5-6-16(15)25-18/h1-6,11H,7-10,20H2. The molecule has 7 heteroatoms. The Morgan fingerprint density at radius 1 is 1.08 bits per heavy atom. The molecule has 0 bridgehead atoms. The van der Waals surface area contributed by atoms with Crippen molar-refractivity contribution in [2.24, 2.45) is 0 Å². The number of hydrogen-bond acceptors (Lipinski definition) is 5. The topological polar surface area (TPSA) is 75.6 Å². The number of oxazole rings is 1. The van der Waals surface area contributed by atoms with Crippen molar-refractivity contribution in [1.29, 1.82) is 0 Å². The Hall–Kier alpha value is -2.73. The molecule has 0 atom stereocenters. The second kappa shape index (κ2) is 6.29. The van der Waals surface area contributed by atoms with E-state index >= 15 is 0 Å². The lowest BCUT2D eigenvalue weighted by molar-refractivity contribution is 0.0745. The monoisotopic (exact) mass is 356 g/mol. The molecule has 128 valence electrons. The minimum absolute atomic E-state index is 0.0154. The molecule has 0 saturated carbocycles. The highest BCUT2D eigenvalue weighted by molar-refractivity contribution is 6.30. The molecule has 1 aromatic heterocycles. The van der Waals surface area contributed by atoms with Crippen molar-refractivity contribution in [3.63, 3.8) is 0 Å². The van der Waals surface area contributed by atoms with Crippen LogP contribution in [0.25, 0.3) is 11.1 Å². The zero-order chi connectivity index (χ0) is 17.4. The van der Waals surface area contributed by atoms with Gasteiger partial charge in [-0.2, -0.15) is 4.98 Å². The zero-order valence-corrected chi connectivity index (χ0v) is 14.2. The Bertz CT molecular complexity index is 914. The van der Waals surface area contributed by atoms with Crippen LogP contribution in [0.4, 0.5) is 11.7 Å². The summed E-state index contributed by atoms with van der Waals surface area (Å²) < 4.78 is 5.80. The summed E-state index contributed by atoms with van der Waals surface area (Å²) in [6.45, 7) is 2.56. The first kappa shape index (κ1) is 15.8. The number of nitrogens with zero attached hydrogens (tertiary/aromatic N) is 3. The lowest BCUT2D eigenvalue weighted by Crippen LogP contribution is -2.48. The number of piperazine rings is 1. The summed E-state index contributed by atoms with van der Waals surface area (Å²) in [5.74, 6) is 0.0154. The third kappa shape index (κ3) is 3.13. The van der Waals surface area contributed by atoms with E-state index in [1.165, 1.54) is 0 Å². The van der Waals surface area contributed by atoms with E-state index in [0.717, 1.165) is 5.52 Å². The maximum atomic E-state index is 12.5. The summed E-state index contributed by atoms with van der Waals surface area (Å²) in [4.78, 5) is 20.9. The third-order valence-corrected chi connectivity index (χ3v) is 4.58. The van der Waals surface area contributed by atoms with Crippen LogP contribution >= 0.6 is 11.6 Å². The number of halogens is 1. The van der Waals surface area contributed by atoms with E-state index in [1.54, 1.807) is 36.4 Å². The van der Waals surface area contributed by atoms with E-state index in [9.17, 15) is 4.79 Å². The number of fused-ring (bicyclic) bond motifs is 1. The average molecular weight is 357 g/mol. The van der Waals surface area contributed by atoms with Gasteiger partial charge in [0.2, 0.25) is 0 Å². The van der Waals surface area contributed by atoms with Gasteiger partial charge in [0.15, 0.2) is 5.58 Å². The molecular formula is C18H17ClN4O2. The SMILES string of the molecule is Nc1ccc2oc(N3CCN(C(=O)c4ccc(Cl)cc4)CC3)nc2c1. The van der Waals surface area contributed by atoms with Gasteiger partial charge >= 0.3 is 0 Å². The molecule has 3 aromatic rings. The van der Waals surface area contributed by atoms with Gasteiger partial charge < -0.3 is 20.0 Å². The Morgan fingerprint density at radius 3 is 2.52 bits per heavy atom. The van der Waals surface area contributed by atoms with Crippen molar-refractivity contribution in [2.75, 3.05) is 36.8 Å². The van der Waals surface area contributed by atoms with Crippen molar-refractivity contribution < 1.29 is 9.21 Å². The lowest BCUT2D eigenvalue weighted by Gasteiger charge is -2.33. The van der Waals surface area contributed by atoms with Crippen molar-refractivity contribution >= 4 is 40.3 Å². The molecule has 25 heavy (non-hydrogen) atoms. The van der Waals surface area contributed by atoms with Crippen LogP contribution in [-0.2, 0) is 0 Å². The zero-order valence-electron chi connectivity index (χ0n) is 13.5. The average Bonchev–Trinajstić information content (AvgIpc) is 3.05. The van der Waals surface area contributed by atoms with Crippen LogP contribution in [0.1, 0.15) is 10.4 Å². The molecule has 0 unspecified atom stereocenters. The first-order valence-electron chi connectivity index (χ1n) is 8.06. The molecule has 4 rings (SSSR count). The molecule has 1 fully saturated rings. The fourth-order valence-electron chi connectivity index (χ4n) is 2.94. The highest BCUT2D eigenvalue weighted by atomic mass is 35.5. The Labute approximate surface area is 149 Å². The second-order valence-corrected chi connectivity index (χ2v) is 6.45. The molecule has 1 aliphatic rings. The van der Waals surface area contributed by atoms with Gasteiger partial charge in [-0.15, -0.1) is 0 Å². The molecule has 1 aliphatic heterocycles. The van der Waals surface area contributed by atoms with Gasteiger partial charge in [-0.3, -0.25) is 4.79 Å². The van der Waals surface area contributed by atoms with Crippen LogP contribution in [0.3, 0.4) is 0 Å². The fraction of sp³-hybridized carbons (Fsp3) is 0.222. The van der Waals surface area contributed by atoms with Crippen molar-refractivity contribution in [3.8, 4) is 0 Å². The predicted molar refractivity (Wildman–Crippen MR) is 98.0 cm³/mol. The number of nitrogen functional groups attached to an aromatic ring is 1. The lowest BCUT2D eigenvalue weighted by atomic mass is 10.2. The summed E-state index contributed by atoms with van der Waals surface area (Å²) in [5.41, 5.74) is 8.54. The third-order valence-electron chi connectivity index (χ3n) is 4.33. The second-order valence-electron chi connectivity index (χ2n) is 6.01. The van der Waals surface area contributed by atoms with Gasteiger partial charge in [0.25, 0.3) is 11.9 Å². The van der Waals surface area contributed by atoms with Gasteiger partial charge in [0.05, 0.1) is 0 Å². The van der Waals surface area contributed by atoms with Gasteiger partial charge in [0.1, 0.15) is 5.52 Å². The Balaban J connectivity index is 1.45. The molecule has 2 N–H and O–H groups in total. The van der Waals surface area contributed by atoms with Crippen LogP contribution < -0.4 is 10.6 Å². The predicted octanol–water partition coefficient (Wildman–Crippen LogP) is 3.03. The van der Waals surface area contributed by atoms with E-state index < -0.39 is 0 Å². The maximum Gasteiger partial charge on any atom is 0.298 e. The van der Waals surface area contributed by atoms with Crippen molar-refractivity contribution in [2.45, 2.75) is 0 Å². The smallest absolute Gasteiger partial charge is 0.298 e. The van der Waals surface area contributed by atoms with Crippen molar-refractivity contribution in [1.82, 2.24) is 9.88 Å². The molecule has 2 heterocycles. The van der Waals surface area contributed by atoms with Gasteiger partial charge in [-0.1, -0.05) is 11.6 Å². The summed E-state index contributed by atoms with van der Waals surface area (Å²) in [6, 6.07) is 12.9. The molecule has 1 amide bonds. The van der Waals surface area contributed by atoms with Crippen LogP contribution in [0.15, 0.2) is 46.9 Å². The largest absolute Gasteiger partial charge is 0.423 e. The number of nitrogens with two attached hydrogens (primary N) is 1. The first-order valence-corrected chi connectivity index (χ1v) is 8.44. The Morgan fingerprint density at radius 2 is 1.80 bits per heavy atom. The minimum atomic E-state index is 0.0154.